The Balaban J connectivity index is 1.48. The predicted molar refractivity (Wildman–Crippen MR) is 111 cm³/mol. The third-order valence-corrected chi connectivity index (χ3v) is 5.70. The molecule has 4 rings (SSSR count). The maximum Gasteiger partial charge on any atom is 0.261 e. The molecule has 152 valence electrons. The molecule has 0 fully saturated rings. The van der Waals surface area contributed by atoms with E-state index in [4.69, 9.17) is 11.6 Å². The molecule has 0 saturated carbocycles. The zero-order valence-electron chi connectivity index (χ0n) is 15.2. The van der Waals surface area contributed by atoms with Gasteiger partial charge in [-0.15, -0.1) is 0 Å². The molecule has 8 nitrogen and oxygen atoms in total. The number of imidazole rings is 1. The van der Waals surface area contributed by atoms with Crippen LogP contribution in [0.4, 0.5) is 21.6 Å². The molecule has 0 atom stereocenters. The highest BCUT2D eigenvalue weighted by Crippen LogP contribution is 2.23. The second-order valence-electron chi connectivity index (χ2n) is 6.12. The van der Waals surface area contributed by atoms with Crippen LogP contribution in [0.1, 0.15) is 0 Å². The topological polar surface area (TPSA) is 102 Å². The summed E-state index contributed by atoms with van der Waals surface area (Å²) >= 11 is 5.67. The van der Waals surface area contributed by atoms with E-state index >= 15 is 0 Å². The fourth-order valence-corrected chi connectivity index (χ4v) is 3.91. The lowest BCUT2D eigenvalue weighted by molar-refractivity contribution is 0.599. The van der Waals surface area contributed by atoms with Gasteiger partial charge in [-0.2, -0.15) is 0 Å². The van der Waals surface area contributed by atoms with E-state index in [1.807, 2.05) is 0 Å². The number of sulfonamides is 1. The van der Waals surface area contributed by atoms with Crippen molar-refractivity contribution in [3.63, 3.8) is 0 Å². The van der Waals surface area contributed by atoms with Gasteiger partial charge >= 0.3 is 0 Å². The van der Waals surface area contributed by atoms with Crippen molar-refractivity contribution in [2.24, 2.45) is 0 Å². The number of hydrogen-bond acceptors (Lipinski definition) is 6. The van der Waals surface area contributed by atoms with Crippen LogP contribution in [0.3, 0.4) is 0 Å². The zero-order chi connectivity index (χ0) is 21.1. The zero-order valence-corrected chi connectivity index (χ0v) is 16.8. The Kier molecular flexibility index (Phi) is 5.34. The Morgan fingerprint density at radius 3 is 2.47 bits per heavy atom. The van der Waals surface area contributed by atoms with Gasteiger partial charge in [-0.25, -0.2) is 27.8 Å². The van der Waals surface area contributed by atoms with Crippen LogP contribution < -0.4 is 10.0 Å². The van der Waals surface area contributed by atoms with Gasteiger partial charge in [-0.3, -0.25) is 9.29 Å². The fourth-order valence-electron chi connectivity index (χ4n) is 2.58. The Bertz CT molecular complexity index is 1280. The molecule has 0 unspecified atom stereocenters. The average molecular weight is 445 g/mol. The van der Waals surface area contributed by atoms with Crippen molar-refractivity contribution in [3.05, 3.63) is 84.4 Å². The van der Waals surface area contributed by atoms with E-state index in [1.165, 1.54) is 6.33 Å². The van der Waals surface area contributed by atoms with Gasteiger partial charge in [0.25, 0.3) is 10.0 Å². The van der Waals surface area contributed by atoms with Crippen LogP contribution >= 0.6 is 11.6 Å². The first-order chi connectivity index (χ1) is 14.4. The van der Waals surface area contributed by atoms with Crippen LogP contribution in [0.5, 0.6) is 0 Å². The molecule has 0 saturated heterocycles. The van der Waals surface area contributed by atoms with Gasteiger partial charge in [0, 0.05) is 29.8 Å². The van der Waals surface area contributed by atoms with Crippen molar-refractivity contribution in [3.8, 4) is 5.82 Å². The van der Waals surface area contributed by atoms with Crippen LogP contribution in [0.2, 0.25) is 5.02 Å². The quantitative estimate of drug-likeness (QED) is 0.466. The number of aromatic nitrogens is 4. The molecule has 2 heterocycles. The predicted octanol–water partition coefficient (Wildman–Crippen LogP) is 4.00. The first kappa shape index (κ1) is 19.8. The Morgan fingerprint density at radius 1 is 1.00 bits per heavy atom. The van der Waals surface area contributed by atoms with Crippen LogP contribution in [-0.2, 0) is 10.0 Å². The molecule has 0 amide bonds. The minimum absolute atomic E-state index is 0.135. The highest BCUT2D eigenvalue weighted by atomic mass is 35.5. The highest BCUT2D eigenvalue weighted by molar-refractivity contribution is 7.92. The largest absolute Gasteiger partial charge is 0.340 e. The van der Waals surface area contributed by atoms with Crippen molar-refractivity contribution in [1.29, 1.82) is 0 Å². The number of benzene rings is 2. The molecule has 4 aromatic rings. The summed E-state index contributed by atoms with van der Waals surface area (Å²) in [4.78, 5) is 12.2. The van der Waals surface area contributed by atoms with Gasteiger partial charge in [0.2, 0.25) is 0 Å². The standard InChI is InChI=1S/C19H14ClFN6O2S/c20-16-9-15(5-6-17(16)21)30(28,29)26-14-3-1-13(2-4-14)25-18-10-19(24-11-23-18)27-8-7-22-12-27/h1-12,26H,(H,23,24,25). The summed E-state index contributed by atoms with van der Waals surface area (Å²) in [6.07, 6.45) is 6.46. The van der Waals surface area contributed by atoms with Crippen molar-refractivity contribution >= 4 is 38.8 Å². The summed E-state index contributed by atoms with van der Waals surface area (Å²) in [5.74, 6) is 0.516. The molecule has 0 spiro atoms. The molecule has 2 N–H and O–H groups in total. The first-order valence-electron chi connectivity index (χ1n) is 8.56. The Morgan fingerprint density at radius 2 is 1.77 bits per heavy atom. The highest BCUT2D eigenvalue weighted by Gasteiger charge is 2.16. The second-order valence-corrected chi connectivity index (χ2v) is 8.20. The van der Waals surface area contributed by atoms with Crippen LogP contribution in [0.25, 0.3) is 5.82 Å². The van der Waals surface area contributed by atoms with E-state index < -0.39 is 15.8 Å². The maximum absolute atomic E-state index is 13.3. The maximum atomic E-state index is 13.3. The van der Waals surface area contributed by atoms with Gasteiger partial charge in [0.1, 0.15) is 30.1 Å². The minimum atomic E-state index is -3.91. The van der Waals surface area contributed by atoms with Crippen molar-refractivity contribution in [2.75, 3.05) is 10.0 Å². The second kappa shape index (κ2) is 8.09. The number of hydrogen-bond donors (Lipinski definition) is 2. The average Bonchev–Trinajstić information content (AvgIpc) is 3.26. The van der Waals surface area contributed by atoms with E-state index in [9.17, 15) is 12.8 Å². The number of nitrogens with zero attached hydrogens (tertiary/aromatic N) is 4. The fraction of sp³-hybridized carbons (Fsp3) is 0. The first-order valence-corrected chi connectivity index (χ1v) is 10.4. The third kappa shape index (κ3) is 4.39. The monoisotopic (exact) mass is 444 g/mol. The summed E-state index contributed by atoms with van der Waals surface area (Å²) in [6.45, 7) is 0. The number of anilines is 3. The number of halogens is 2. The summed E-state index contributed by atoms with van der Waals surface area (Å²) in [5, 5.41) is 2.85. The van der Waals surface area contributed by atoms with Crippen molar-refractivity contribution in [2.45, 2.75) is 4.90 Å². The van der Waals surface area contributed by atoms with Crippen LogP contribution in [0, 0.1) is 5.82 Å². The smallest absolute Gasteiger partial charge is 0.261 e. The van der Waals surface area contributed by atoms with Gasteiger partial charge < -0.3 is 5.32 Å². The Hall–Kier alpha value is -3.50. The molecule has 0 aliphatic carbocycles. The lowest BCUT2D eigenvalue weighted by Gasteiger charge is -2.10. The number of nitrogens with one attached hydrogen (secondary N) is 2. The molecule has 0 aliphatic heterocycles. The normalized spacial score (nSPS) is 11.3. The van der Waals surface area contributed by atoms with Crippen molar-refractivity contribution < 1.29 is 12.8 Å². The molecule has 0 radical (unpaired) electrons. The summed E-state index contributed by atoms with van der Waals surface area (Å²) in [6, 6.07) is 11.5. The molecule has 30 heavy (non-hydrogen) atoms. The molecule has 0 aliphatic rings. The van der Waals surface area contributed by atoms with E-state index in [0.29, 0.717) is 23.0 Å². The lowest BCUT2D eigenvalue weighted by Crippen LogP contribution is -2.13. The summed E-state index contributed by atoms with van der Waals surface area (Å²) in [5.41, 5.74) is 1.03. The van der Waals surface area contributed by atoms with Gasteiger partial charge in [0.15, 0.2) is 0 Å². The molecular formula is C19H14ClFN6O2S. The van der Waals surface area contributed by atoms with Crippen LogP contribution in [0.15, 0.2) is 78.5 Å². The summed E-state index contributed by atoms with van der Waals surface area (Å²) in [7, 11) is -3.91. The SMILES string of the molecule is O=S(=O)(Nc1ccc(Nc2cc(-n3ccnc3)ncn2)cc1)c1ccc(F)c(Cl)c1. The molecular weight excluding hydrogens is 431 g/mol. The van der Waals surface area contributed by atoms with E-state index in [1.54, 1.807) is 53.6 Å². The minimum Gasteiger partial charge on any atom is -0.340 e. The van der Waals surface area contributed by atoms with E-state index in [0.717, 1.165) is 18.2 Å². The van der Waals surface area contributed by atoms with Gasteiger partial charge in [-0.05, 0) is 42.5 Å². The van der Waals surface area contributed by atoms with Crippen LogP contribution in [-0.4, -0.2) is 27.9 Å². The van der Waals surface area contributed by atoms with Gasteiger partial charge in [0.05, 0.1) is 9.92 Å². The Labute approximate surface area is 176 Å². The molecule has 2 aromatic heterocycles. The van der Waals surface area contributed by atoms with Crippen molar-refractivity contribution in [1.82, 2.24) is 19.5 Å². The lowest BCUT2D eigenvalue weighted by atomic mass is 10.3. The number of rotatable bonds is 6. The summed E-state index contributed by atoms with van der Waals surface area (Å²) < 4.78 is 42.4. The van der Waals surface area contributed by atoms with Gasteiger partial charge in [-0.1, -0.05) is 11.6 Å². The third-order valence-electron chi connectivity index (χ3n) is 4.03. The molecule has 11 heteroatoms. The van der Waals surface area contributed by atoms with E-state index in [-0.39, 0.29) is 9.92 Å². The molecule has 2 aromatic carbocycles. The molecule has 0 bridgehead atoms. The van der Waals surface area contributed by atoms with E-state index in [2.05, 4.69) is 25.0 Å².